The van der Waals surface area contributed by atoms with Crippen molar-refractivity contribution in [1.29, 1.82) is 0 Å². The molecule has 0 unspecified atom stereocenters. The zero-order valence-corrected chi connectivity index (χ0v) is 13.2. The zero-order valence-electron chi connectivity index (χ0n) is 13.2. The summed E-state index contributed by atoms with van der Waals surface area (Å²) in [5, 5.41) is 0. The number of nitrogens with zero attached hydrogens (tertiary/aromatic N) is 3. The Labute approximate surface area is 126 Å². The Morgan fingerprint density at radius 1 is 1.62 bits per heavy atom. The highest BCUT2D eigenvalue weighted by molar-refractivity contribution is 5.76. The van der Waals surface area contributed by atoms with Crippen LogP contribution in [0.3, 0.4) is 0 Å². The molecule has 0 saturated carbocycles. The standard InChI is InChI=1S/C16H25N3O2/c1-5-9-21-10-14-16-13(17-11-19(16)12(3)4)7-8-18(14)15(20)6-2/h5,11-12,14H,1,6-10H2,2-4H3/t14-/m1/s1. The van der Waals surface area contributed by atoms with E-state index >= 15 is 0 Å². The van der Waals surface area contributed by atoms with Crippen molar-refractivity contribution in [3.63, 3.8) is 0 Å². The second kappa shape index (κ2) is 6.89. The molecule has 0 N–H and O–H groups in total. The number of imidazole rings is 1. The van der Waals surface area contributed by atoms with Crippen LogP contribution in [-0.4, -0.2) is 40.1 Å². The molecule has 0 aliphatic carbocycles. The van der Waals surface area contributed by atoms with Gasteiger partial charge in [0.2, 0.25) is 5.91 Å². The maximum atomic E-state index is 12.2. The van der Waals surface area contributed by atoms with Crippen molar-refractivity contribution in [2.75, 3.05) is 19.8 Å². The van der Waals surface area contributed by atoms with Crippen molar-refractivity contribution in [1.82, 2.24) is 14.5 Å². The molecule has 0 radical (unpaired) electrons. The summed E-state index contributed by atoms with van der Waals surface area (Å²) in [6, 6.07) is 0.269. The van der Waals surface area contributed by atoms with Crippen molar-refractivity contribution < 1.29 is 9.53 Å². The predicted molar refractivity (Wildman–Crippen MR) is 82.1 cm³/mol. The van der Waals surface area contributed by atoms with E-state index in [0.717, 1.165) is 24.4 Å². The Morgan fingerprint density at radius 2 is 2.38 bits per heavy atom. The molecular weight excluding hydrogens is 266 g/mol. The largest absolute Gasteiger partial charge is 0.375 e. The number of fused-ring (bicyclic) bond motifs is 1. The van der Waals surface area contributed by atoms with E-state index in [1.165, 1.54) is 0 Å². The second-order valence-corrected chi connectivity index (χ2v) is 5.61. The van der Waals surface area contributed by atoms with Gasteiger partial charge in [0.1, 0.15) is 0 Å². The minimum absolute atomic E-state index is 0.0500. The van der Waals surface area contributed by atoms with Crippen LogP contribution in [0.1, 0.15) is 50.7 Å². The van der Waals surface area contributed by atoms with Crippen LogP contribution in [0.5, 0.6) is 0 Å². The first-order chi connectivity index (χ1) is 10.1. The third kappa shape index (κ3) is 3.18. The number of carbonyl (C=O) groups excluding carboxylic acids is 1. The van der Waals surface area contributed by atoms with E-state index < -0.39 is 0 Å². The number of ether oxygens (including phenoxy) is 1. The van der Waals surface area contributed by atoms with Gasteiger partial charge in [-0.15, -0.1) is 6.58 Å². The molecule has 0 aromatic carbocycles. The van der Waals surface area contributed by atoms with Gasteiger partial charge in [-0.3, -0.25) is 4.79 Å². The van der Waals surface area contributed by atoms with Crippen molar-refractivity contribution in [2.24, 2.45) is 0 Å². The van der Waals surface area contributed by atoms with E-state index in [2.05, 4.69) is 30.0 Å². The van der Waals surface area contributed by atoms with E-state index in [4.69, 9.17) is 4.74 Å². The van der Waals surface area contributed by atoms with Gasteiger partial charge in [0.25, 0.3) is 0 Å². The van der Waals surface area contributed by atoms with Crippen LogP contribution in [0.4, 0.5) is 0 Å². The molecule has 1 aliphatic rings. The molecule has 0 spiro atoms. The first-order valence-corrected chi connectivity index (χ1v) is 7.63. The van der Waals surface area contributed by atoms with E-state index in [0.29, 0.717) is 25.7 Å². The number of hydrogen-bond donors (Lipinski definition) is 0. The zero-order chi connectivity index (χ0) is 15.4. The van der Waals surface area contributed by atoms with E-state index in [1.807, 2.05) is 18.2 Å². The van der Waals surface area contributed by atoms with E-state index in [9.17, 15) is 4.79 Å². The first-order valence-electron chi connectivity index (χ1n) is 7.63. The minimum atomic E-state index is -0.0500. The van der Waals surface area contributed by atoms with E-state index in [1.54, 1.807) is 6.08 Å². The van der Waals surface area contributed by atoms with Gasteiger partial charge < -0.3 is 14.2 Å². The van der Waals surface area contributed by atoms with Crippen molar-refractivity contribution >= 4 is 5.91 Å². The van der Waals surface area contributed by atoms with Gasteiger partial charge in [-0.05, 0) is 13.8 Å². The third-order valence-electron chi connectivity index (χ3n) is 3.88. The summed E-state index contributed by atoms with van der Waals surface area (Å²) in [4.78, 5) is 18.7. The summed E-state index contributed by atoms with van der Waals surface area (Å²) in [6.07, 6.45) is 4.95. The highest BCUT2D eigenvalue weighted by atomic mass is 16.5. The number of hydrogen-bond acceptors (Lipinski definition) is 3. The number of amides is 1. The molecule has 1 amide bonds. The minimum Gasteiger partial charge on any atom is -0.375 e. The monoisotopic (exact) mass is 291 g/mol. The van der Waals surface area contributed by atoms with E-state index in [-0.39, 0.29) is 11.9 Å². The summed E-state index contributed by atoms with van der Waals surface area (Å²) in [5.41, 5.74) is 2.22. The van der Waals surface area contributed by atoms with Crippen LogP contribution in [0.2, 0.25) is 0 Å². The normalized spacial score (nSPS) is 17.9. The fourth-order valence-corrected chi connectivity index (χ4v) is 2.84. The number of rotatable bonds is 6. The maximum Gasteiger partial charge on any atom is 0.222 e. The molecule has 0 bridgehead atoms. The molecule has 0 saturated heterocycles. The lowest BCUT2D eigenvalue weighted by Crippen LogP contribution is -2.42. The summed E-state index contributed by atoms with van der Waals surface area (Å²) in [7, 11) is 0. The Hall–Kier alpha value is -1.62. The van der Waals surface area contributed by atoms with Gasteiger partial charge in [-0.2, -0.15) is 0 Å². The Balaban J connectivity index is 2.33. The smallest absolute Gasteiger partial charge is 0.222 e. The third-order valence-corrected chi connectivity index (χ3v) is 3.88. The van der Waals surface area contributed by atoms with Crippen LogP contribution in [0, 0.1) is 0 Å². The molecule has 5 nitrogen and oxygen atoms in total. The van der Waals surface area contributed by atoms with Crippen LogP contribution in [-0.2, 0) is 16.0 Å². The molecule has 2 rings (SSSR count). The molecule has 1 aromatic rings. The van der Waals surface area contributed by atoms with Gasteiger partial charge in [0.15, 0.2) is 0 Å². The van der Waals surface area contributed by atoms with Crippen molar-refractivity contribution in [3.05, 3.63) is 30.4 Å². The SMILES string of the molecule is C=CCOC[C@@H]1c2c(ncn2C(C)C)CCN1C(=O)CC. The average molecular weight is 291 g/mol. The molecule has 1 atom stereocenters. The maximum absolute atomic E-state index is 12.2. The van der Waals surface area contributed by atoms with Crippen LogP contribution >= 0.6 is 0 Å². The van der Waals surface area contributed by atoms with Gasteiger partial charge >= 0.3 is 0 Å². The second-order valence-electron chi connectivity index (χ2n) is 5.61. The molecule has 116 valence electrons. The van der Waals surface area contributed by atoms with Gasteiger partial charge in [-0.25, -0.2) is 4.98 Å². The lowest BCUT2D eigenvalue weighted by Gasteiger charge is -2.36. The summed E-state index contributed by atoms with van der Waals surface area (Å²) in [6.45, 7) is 11.5. The Bertz CT molecular complexity index is 508. The van der Waals surface area contributed by atoms with Crippen LogP contribution < -0.4 is 0 Å². The lowest BCUT2D eigenvalue weighted by atomic mass is 10.0. The molecule has 2 heterocycles. The number of aromatic nitrogens is 2. The predicted octanol–water partition coefficient (Wildman–Crippen LogP) is 2.50. The quantitative estimate of drug-likeness (QED) is 0.597. The fourth-order valence-electron chi connectivity index (χ4n) is 2.84. The molecule has 5 heteroatoms. The summed E-state index contributed by atoms with van der Waals surface area (Å²) in [5.74, 6) is 0.171. The summed E-state index contributed by atoms with van der Waals surface area (Å²) < 4.78 is 7.81. The van der Waals surface area contributed by atoms with Crippen molar-refractivity contribution in [2.45, 2.75) is 45.7 Å². The summed E-state index contributed by atoms with van der Waals surface area (Å²) >= 11 is 0. The first kappa shape index (κ1) is 15.8. The van der Waals surface area contributed by atoms with Crippen LogP contribution in [0.25, 0.3) is 0 Å². The molecule has 1 aromatic heterocycles. The number of carbonyl (C=O) groups is 1. The highest BCUT2D eigenvalue weighted by Crippen LogP contribution is 2.31. The molecule has 21 heavy (non-hydrogen) atoms. The fraction of sp³-hybridized carbons (Fsp3) is 0.625. The van der Waals surface area contributed by atoms with Crippen molar-refractivity contribution in [3.8, 4) is 0 Å². The molecule has 1 aliphatic heterocycles. The molecular formula is C16H25N3O2. The molecule has 0 fully saturated rings. The van der Waals surface area contributed by atoms with Crippen LogP contribution in [0.15, 0.2) is 19.0 Å². The topological polar surface area (TPSA) is 47.4 Å². The van der Waals surface area contributed by atoms with Gasteiger partial charge in [-0.1, -0.05) is 13.0 Å². The lowest BCUT2D eigenvalue weighted by molar-refractivity contribution is -0.135. The Morgan fingerprint density at radius 3 is 3.00 bits per heavy atom. The average Bonchev–Trinajstić information content (AvgIpc) is 2.91. The van der Waals surface area contributed by atoms with Gasteiger partial charge in [0.05, 0.1) is 37.0 Å². The highest BCUT2D eigenvalue weighted by Gasteiger charge is 2.34. The van der Waals surface area contributed by atoms with Gasteiger partial charge in [0, 0.05) is 25.4 Å². The Kier molecular flexibility index (Phi) is 5.17.